The number of carbonyl (C=O) groups excluding carboxylic acids is 4. The van der Waals surface area contributed by atoms with Crippen molar-refractivity contribution in [1.82, 2.24) is 14.7 Å². The number of rotatable bonds is 5. The van der Waals surface area contributed by atoms with Gasteiger partial charge in [-0.2, -0.15) is 0 Å². The number of likely N-dealkylation sites (tertiary alicyclic amines) is 1. The van der Waals surface area contributed by atoms with Gasteiger partial charge in [-0.05, 0) is 49.1 Å². The number of anilines is 1. The van der Waals surface area contributed by atoms with E-state index in [9.17, 15) is 24.3 Å². The minimum absolute atomic E-state index is 0.0373. The average molecular weight is 639 g/mol. The van der Waals surface area contributed by atoms with Crippen molar-refractivity contribution in [3.8, 4) is 0 Å². The van der Waals surface area contributed by atoms with Gasteiger partial charge in [0.1, 0.15) is 23.7 Å². The molecule has 246 valence electrons. The fraction of sp³-hybridized carbons (Fsp3) is 0.405. The number of aliphatic hydroxyl groups is 1. The third kappa shape index (κ3) is 6.60. The third-order valence-corrected chi connectivity index (χ3v) is 9.15. The molecule has 0 aromatic heterocycles. The number of benzene rings is 3. The summed E-state index contributed by atoms with van der Waals surface area (Å²) in [6, 6.07) is 22.0. The summed E-state index contributed by atoms with van der Waals surface area (Å²) in [7, 11) is 1.73. The van der Waals surface area contributed by atoms with Crippen LogP contribution in [0.3, 0.4) is 0 Å². The Morgan fingerprint density at radius 3 is 2.09 bits per heavy atom. The van der Waals surface area contributed by atoms with Crippen LogP contribution in [0.15, 0.2) is 78.9 Å². The first-order valence-electron chi connectivity index (χ1n) is 16.2. The van der Waals surface area contributed by atoms with Crippen LogP contribution >= 0.6 is 0 Å². The molecule has 3 aromatic carbocycles. The van der Waals surface area contributed by atoms with E-state index >= 15 is 0 Å². The van der Waals surface area contributed by atoms with Gasteiger partial charge in [0.15, 0.2) is 0 Å². The number of amides is 4. The summed E-state index contributed by atoms with van der Waals surface area (Å²) in [4.78, 5) is 62.4. The van der Waals surface area contributed by atoms with Crippen molar-refractivity contribution in [3.63, 3.8) is 0 Å². The maximum absolute atomic E-state index is 14.5. The molecule has 1 saturated heterocycles. The first-order valence-corrected chi connectivity index (χ1v) is 16.2. The highest BCUT2D eigenvalue weighted by Gasteiger charge is 2.49. The Balaban J connectivity index is 1.28. The van der Waals surface area contributed by atoms with Crippen molar-refractivity contribution >= 4 is 29.5 Å². The molecule has 6 rings (SSSR count). The van der Waals surface area contributed by atoms with Gasteiger partial charge >= 0.3 is 6.09 Å². The number of para-hydroxylation sites is 1. The molecule has 0 bridgehead atoms. The molecule has 10 nitrogen and oxygen atoms in total. The van der Waals surface area contributed by atoms with Crippen LogP contribution in [0.5, 0.6) is 0 Å². The number of nitrogens with zero attached hydrogens (tertiary/aromatic N) is 4. The molecule has 0 spiro atoms. The van der Waals surface area contributed by atoms with E-state index in [1.165, 1.54) is 9.80 Å². The van der Waals surface area contributed by atoms with E-state index in [-0.39, 0.29) is 31.8 Å². The normalized spacial score (nSPS) is 22.0. The molecule has 0 saturated carbocycles. The Morgan fingerprint density at radius 1 is 0.787 bits per heavy atom. The quantitative estimate of drug-likeness (QED) is 0.454. The second kappa shape index (κ2) is 12.8. The molecule has 3 aliphatic rings. The summed E-state index contributed by atoms with van der Waals surface area (Å²) in [6.45, 7) is 5.83. The van der Waals surface area contributed by atoms with Crippen molar-refractivity contribution in [1.29, 1.82) is 0 Å². The minimum Gasteiger partial charge on any atom is -0.443 e. The predicted molar refractivity (Wildman–Crippen MR) is 176 cm³/mol. The molecular weight excluding hydrogens is 596 g/mol. The Hall–Kier alpha value is -4.70. The number of β-amino-alcohol motifs (C(OH)–C–C–N with tert-alkyl or cyclic N) is 1. The van der Waals surface area contributed by atoms with Crippen LogP contribution in [0, 0.1) is 0 Å². The number of ether oxygens (including phenoxy) is 1. The smallest absolute Gasteiger partial charge is 0.415 e. The van der Waals surface area contributed by atoms with Crippen molar-refractivity contribution in [2.75, 3.05) is 18.5 Å². The number of fused-ring (bicyclic) bond motifs is 2. The molecule has 1 N–H and O–H groups in total. The van der Waals surface area contributed by atoms with E-state index < -0.39 is 47.7 Å². The molecule has 1 fully saturated rings. The highest BCUT2D eigenvalue weighted by molar-refractivity contribution is 6.02. The van der Waals surface area contributed by atoms with E-state index in [0.717, 1.165) is 22.3 Å². The summed E-state index contributed by atoms with van der Waals surface area (Å²) >= 11 is 0. The molecule has 47 heavy (non-hydrogen) atoms. The Labute approximate surface area is 275 Å². The lowest BCUT2D eigenvalue weighted by Crippen LogP contribution is -2.59. The van der Waals surface area contributed by atoms with Crippen LogP contribution in [-0.2, 0) is 45.1 Å². The van der Waals surface area contributed by atoms with Crippen LogP contribution in [-0.4, -0.2) is 87.0 Å². The lowest BCUT2D eigenvalue weighted by Gasteiger charge is -2.40. The first-order chi connectivity index (χ1) is 22.4. The lowest BCUT2D eigenvalue weighted by molar-refractivity contribution is -0.152. The molecule has 3 aliphatic heterocycles. The summed E-state index contributed by atoms with van der Waals surface area (Å²) in [5.74, 6) is -1.03. The van der Waals surface area contributed by atoms with Crippen LogP contribution in [0.4, 0.5) is 10.5 Å². The predicted octanol–water partition coefficient (Wildman–Crippen LogP) is 3.93. The molecule has 4 amide bonds. The van der Waals surface area contributed by atoms with Gasteiger partial charge in [-0.3, -0.25) is 19.3 Å². The lowest BCUT2D eigenvalue weighted by atomic mass is 9.92. The molecule has 0 unspecified atom stereocenters. The van der Waals surface area contributed by atoms with Gasteiger partial charge in [-0.25, -0.2) is 4.79 Å². The SMILES string of the molecule is CN(Cc1ccccc1)C(=O)[C@@H]1Cc2ccccc2CN1C(=O)[C@@H]1C[C@@H](O)CN1C(=O)[C@@H]1Cc2ccccc2N1C(=O)OC(C)(C)C. The van der Waals surface area contributed by atoms with Crippen molar-refractivity contribution in [2.24, 2.45) is 0 Å². The van der Waals surface area contributed by atoms with Crippen LogP contribution in [0.25, 0.3) is 0 Å². The fourth-order valence-electron chi connectivity index (χ4n) is 6.96. The van der Waals surface area contributed by atoms with Gasteiger partial charge in [-0.1, -0.05) is 72.8 Å². The van der Waals surface area contributed by atoms with Gasteiger partial charge in [0.05, 0.1) is 11.8 Å². The zero-order valence-corrected chi connectivity index (χ0v) is 27.3. The van der Waals surface area contributed by atoms with E-state index in [0.29, 0.717) is 18.7 Å². The molecule has 3 aromatic rings. The number of aliphatic hydroxyl groups excluding tert-OH is 1. The zero-order chi connectivity index (χ0) is 33.5. The van der Waals surface area contributed by atoms with E-state index in [2.05, 4.69) is 0 Å². The topological polar surface area (TPSA) is 111 Å². The Morgan fingerprint density at radius 2 is 1.38 bits per heavy atom. The molecule has 4 atom stereocenters. The summed E-state index contributed by atoms with van der Waals surface area (Å²) in [5, 5.41) is 10.9. The van der Waals surface area contributed by atoms with Crippen molar-refractivity contribution in [3.05, 3.63) is 101 Å². The molecular formula is C37H42N4O6. The first kappa shape index (κ1) is 32.2. The Bertz CT molecular complexity index is 1670. The standard InChI is InChI=1S/C37H42N4O6/c1-37(2,3)47-36(46)41-29-17-11-10-15-26(29)19-32(41)35(45)40-23-28(42)20-31(40)34(44)39-22-27-16-9-8-14-25(27)18-30(39)33(43)38(4)21-24-12-6-5-7-13-24/h5-17,28,30-32,42H,18-23H2,1-4H3/t28-,30+,31+,32+/m1/s1. The number of hydrogen-bond acceptors (Lipinski definition) is 6. The maximum atomic E-state index is 14.5. The highest BCUT2D eigenvalue weighted by Crippen LogP contribution is 2.36. The van der Waals surface area contributed by atoms with Gasteiger partial charge in [0.25, 0.3) is 0 Å². The number of likely N-dealkylation sites (N-methyl/N-ethyl adjacent to an activating group) is 1. The average Bonchev–Trinajstić information content (AvgIpc) is 3.64. The van der Waals surface area contributed by atoms with Gasteiger partial charge in [0, 0.05) is 45.9 Å². The van der Waals surface area contributed by atoms with Gasteiger partial charge < -0.3 is 24.5 Å². The minimum atomic E-state index is -0.998. The summed E-state index contributed by atoms with van der Waals surface area (Å²) in [6.07, 6.45) is -0.949. The molecule has 10 heteroatoms. The molecule has 0 aliphatic carbocycles. The summed E-state index contributed by atoms with van der Waals surface area (Å²) in [5.41, 5.74) is 3.53. The Kier molecular flexibility index (Phi) is 8.80. The van der Waals surface area contributed by atoms with E-state index in [4.69, 9.17) is 4.74 Å². The molecule has 0 radical (unpaired) electrons. The van der Waals surface area contributed by atoms with Crippen LogP contribution < -0.4 is 4.90 Å². The fourth-order valence-corrected chi connectivity index (χ4v) is 6.96. The highest BCUT2D eigenvalue weighted by atomic mass is 16.6. The number of carbonyl (C=O) groups is 4. The maximum Gasteiger partial charge on any atom is 0.415 e. The van der Waals surface area contributed by atoms with E-state index in [1.807, 2.05) is 66.7 Å². The van der Waals surface area contributed by atoms with E-state index in [1.54, 1.807) is 49.8 Å². The van der Waals surface area contributed by atoms with Crippen LogP contribution in [0.2, 0.25) is 0 Å². The summed E-state index contributed by atoms with van der Waals surface area (Å²) < 4.78 is 5.70. The van der Waals surface area contributed by atoms with Gasteiger partial charge in [-0.15, -0.1) is 0 Å². The third-order valence-electron chi connectivity index (χ3n) is 9.15. The van der Waals surface area contributed by atoms with Gasteiger partial charge in [0.2, 0.25) is 17.7 Å². The van der Waals surface area contributed by atoms with Crippen molar-refractivity contribution < 1.29 is 29.0 Å². The second-order valence-electron chi connectivity index (χ2n) is 13.7. The molecule has 3 heterocycles. The zero-order valence-electron chi connectivity index (χ0n) is 27.3. The second-order valence-corrected chi connectivity index (χ2v) is 13.7. The largest absolute Gasteiger partial charge is 0.443 e. The van der Waals surface area contributed by atoms with Crippen LogP contribution in [0.1, 0.15) is 49.4 Å². The number of hydrogen-bond donors (Lipinski definition) is 1. The monoisotopic (exact) mass is 638 g/mol. The van der Waals surface area contributed by atoms with Crippen molar-refractivity contribution in [2.45, 2.75) is 83.0 Å².